The third kappa shape index (κ3) is 5.98. The van der Waals surface area contributed by atoms with Crippen LogP contribution in [0.2, 0.25) is 0 Å². The second kappa shape index (κ2) is 13.9. The number of imidazole rings is 1. The van der Waals surface area contributed by atoms with Crippen LogP contribution in [-0.4, -0.2) is 24.1 Å². The molecule has 302 valence electrons. The summed E-state index contributed by atoms with van der Waals surface area (Å²) in [7, 11) is 0. The van der Waals surface area contributed by atoms with Gasteiger partial charge in [0.1, 0.15) is 11.6 Å². The van der Waals surface area contributed by atoms with Gasteiger partial charge >= 0.3 is 0 Å². The molecule has 0 aliphatic rings. The molecule has 0 saturated carbocycles. The van der Waals surface area contributed by atoms with E-state index in [1.165, 1.54) is 54.9 Å². The van der Waals surface area contributed by atoms with Crippen molar-refractivity contribution < 1.29 is 0 Å². The highest BCUT2D eigenvalue weighted by Gasteiger charge is 2.28. The monoisotopic (exact) mass is 803 g/mol. The number of nitrogens with one attached hydrogen (secondary N) is 1. The molecule has 0 fully saturated rings. The van der Waals surface area contributed by atoms with Crippen LogP contribution in [0.4, 0.5) is 0 Å². The Morgan fingerprint density at radius 1 is 0.516 bits per heavy atom. The largest absolute Gasteiger partial charge is 0.354 e. The van der Waals surface area contributed by atoms with Gasteiger partial charge in [-0.25, -0.2) is 9.97 Å². The Hall–Kier alpha value is -7.24. The fourth-order valence-corrected chi connectivity index (χ4v) is 9.59. The van der Waals surface area contributed by atoms with E-state index in [2.05, 4.69) is 214 Å². The van der Waals surface area contributed by atoms with E-state index in [1.807, 2.05) is 12.3 Å². The van der Waals surface area contributed by atoms with Gasteiger partial charge in [0.25, 0.3) is 0 Å². The van der Waals surface area contributed by atoms with Gasteiger partial charge in [-0.2, -0.15) is 0 Å². The summed E-state index contributed by atoms with van der Waals surface area (Å²) in [6, 6.07) is 57.2. The minimum Gasteiger partial charge on any atom is -0.354 e. The summed E-state index contributed by atoms with van der Waals surface area (Å²) in [6.07, 6.45) is 1.89. The van der Waals surface area contributed by atoms with Crippen molar-refractivity contribution in [3.63, 3.8) is 0 Å². The zero-order valence-electron chi connectivity index (χ0n) is 36.4. The first-order valence-electron chi connectivity index (χ1n) is 21.7. The molecule has 62 heavy (non-hydrogen) atoms. The number of fused-ring (bicyclic) bond motifs is 7. The van der Waals surface area contributed by atoms with Gasteiger partial charge in [-0.1, -0.05) is 145 Å². The molecule has 1 N–H and O–H groups in total. The number of aryl methyl sites for hydroxylation is 1. The molecule has 5 nitrogen and oxygen atoms in total. The van der Waals surface area contributed by atoms with Crippen LogP contribution in [0.3, 0.4) is 0 Å². The molecule has 11 rings (SSSR count). The number of hydrogen-bond acceptors (Lipinski definition) is 2. The Bertz CT molecular complexity index is 3520. The summed E-state index contributed by atoms with van der Waals surface area (Å²) in [5.41, 5.74) is 16.9. The fraction of sp³-hybridized carbons (Fsp3) is 0.158. The van der Waals surface area contributed by atoms with Gasteiger partial charge in [-0.05, 0) is 106 Å². The van der Waals surface area contributed by atoms with E-state index in [1.54, 1.807) is 0 Å². The van der Waals surface area contributed by atoms with Gasteiger partial charge in [0.05, 0.1) is 27.6 Å². The van der Waals surface area contributed by atoms with Gasteiger partial charge in [0, 0.05) is 50.1 Å². The first-order chi connectivity index (χ1) is 29.9. The van der Waals surface area contributed by atoms with Crippen molar-refractivity contribution in [1.82, 2.24) is 24.1 Å². The first-order valence-corrected chi connectivity index (χ1v) is 21.7. The zero-order chi connectivity index (χ0) is 42.5. The Labute approximate surface area is 362 Å². The second-order valence-corrected chi connectivity index (χ2v) is 18.9. The molecule has 0 spiro atoms. The molecular weight excluding hydrogens is 755 g/mol. The summed E-state index contributed by atoms with van der Waals surface area (Å²) >= 11 is 0. The van der Waals surface area contributed by atoms with E-state index in [9.17, 15) is 0 Å². The van der Waals surface area contributed by atoms with Crippen molar-refractivity contribution in [3.05, 3.63) is 181 Å². The molecule has 0 saturated heterocycles. The van der Waals surface area contributed by atoms with E-state index in [-0.39, 0.29) is 10.8 Å². The lowest BCUT2D eigenvalue weighted by atomic mass is 9.78. The molecule has 0 bridgehead atoms. The summed E-state index contributed by atoms with van der Waals surface area (Å²) < 4.78 is 4.70. The predicted molar refractivity (Wildman–Crippen MR) is 261 cm³/mol. The SMILES string of the molecule is Cc1ccc2c(c1)[nH]c1c(-c3nc4c(-c5ccc6c7c(C(C)(C)C)cc(C(C)(C)C)cc7n(-c7ccccn7)c6c5)cccc4n3-c3ccccc3)ccc(-c3ccccc3)c12. The Kier molecular flexibility index (Phi) is 8.46. The van der Waals surface area contributed by atoms with E-state index >= 15 is 0 Å². The molecular formula is C57H49N5. The summed E-state index contributed by atoms with van der Waals surface area (Å²) in [5, 5.41) is 4.91. The van der Waals surface area contributed by atoms with E-state index < -0.39 is 0 Å². The number of aromatic amines is 1. The van der Waals surface area contributed by atoms with E-state index in [4.69, 9.17) is 9.97 Å². The van der Waals surface area contributed by atoms with Gasteiger partial charge in [0.15, 0.2) is 0 Å². The maximum atomic E-state index is 5.69. The summed E-state index contributed by atoms with van der Waals surface area (Å²) in [6.45, 7) is 16.0. The van der Waals surface area contributed by atoms with Crippen LogP contribution in [0, 0.1) is 6.92 Å². The lowest BCUT2D eigenvalue weighted by Crippen LogP contribution is -2.17. The minimum atomic E-state index is -0.0811. The predicted octanol–water partition coefficient (Wildman–Crippen LogP) is 15.1. The quantitative estimate of drug-likeness (QED) is 0.188. The maximum absolute atomic E-state index is 5.69. The van der Waals surface area contributed by atoms with Crippen LogP contribution in [0.1, 0.15) is 58.2 Å². The molecule has 7 aromatic carbocycles. The van der Waals surface area contributed by atoms with Crippen LogP contribution < -0.4 is 0 Å². The molecule has 4 heterocycles. The highest BCUT2D eigenvalue weighted by molar-refractivity contribution is 6.18. The molecule has 5 heteroatoms. The van der Waals surface area contributed by atoms with Crippen molar-refractivity contribution in [3.8, 4) is 45.1 Å². The van der Waals surface area contributed by atoms with Gasteiger partial charge in [-0.15, -0.1) is 0 Å². The molecule has 0 atom stereocenters. The number of rotatable bonds is 5. The Balaban J connectivity index is 1.20. The lowest BCUT2D eigenvalue weighted by Gasteiger charge is -2.26. The second-order valence-electron chi connectivity index (χ2n) is 18.9. The van der Waals surface area contributed by atoms with Crippen LogP contribution >= 0.6 is 0 Å². The topological polar surface area (TPSA) is 51.4 Å². The molecule has 0 radical (unpaired) electrons. The number of benzene rings is 7. The minimum absolute atomic E-state index is 0.0328. The lowest BCUT2D eigenvalue weighted by molar-refractivity contribution is 0.573. The van der Waals surface area contributed by atoms with Crippen molar-refractivity contribution in [2.75, 3.05) is 0 Å². The smallest absolute Gasteiger partial charge is 0.147 e. The third-order valence-corrected chi connectivity index (χ3v) is 12.7. The average molecular weight is 804 g/mol. The molecule has 0 amide bonds. The number of hydrogen-bond donors (Lipinski definition) is 1. The van der Waals surface area contributed by atoms with Crippen LogP contribution in [-0.2, 0) is 10.8 Å². The van der Waals surface area contributed by atoms with Crippen molar-refractivity contribution >= 4 is 54.6 Å². The zero-order valence-corrected chi connectivity index (χ0v) is 36.4. The average Bonchev–Trinajstić information content (AvgIpc) is 3.95. The number of H-pyrrole nitrogens is 1. The van der Waals surface area contributed by atoms with Gasteiger partial charge < -0.3 is 4.98 Å². The maximum Gasteiger partial charge on any atom is 0.147 e. The highest BCUT2D eigenvalue weighted by Crippen LogP contribution is 2.45. The summed E-state index contributed by atoms with van der Waals surface area (Å²) in [5.74, 6) is 1.79. The summed E-state index contributed by atoms with van der Waals surface area (Å²) in [4.78, 5) is 14.5. The first kappa shape index (κ1) is 37.7. The van der Waals surface area contributed by atoms with Crippen molar-refractivity contribution in [2.24, 2.45) is 0 Å². The van der Waals surface area contributed by atoms with Crippen molar-refractivity contribution in [2.45, 2.75) is 59.3 Å². The molecule has 0 unspecified atom stereocenters. The Morgan fingerprint density at radius 3 is 2.00 bits per heavy atom. The number of aromatic nitrogens is 5. The number of pyridine rings is 1. The van der Waals surface area contributed by atoms with Crippen LogP contribution in [0.15, 0.2) is 164 Å². The van der Waals surface area contributed by atoms with E-state index in [0.29, 0.717) is 0 Å². The van der Waals surface area contributed by atoms with E-state index in [0.717, 1.165) is 61.6 Å². The molecule has 0 aliphatic heterocycles. The standard InChI is InChI=1S/C57H49N5/c1-35-24-26-42-46(31-35)59-54-44(29-28-40(51(42)54)36-17-10-8-11-18-36)55-60-53-41(21-16-22-47(53)61(55)39-19-12-9-13-20-39)37-25-27-43-48(32-37)62(50-23-14-15-30-58-50)49-34-38(56(2,3)4)33-45(52(43)49)57(5,6)7/h8-34,59H,1-7H3. The molecule has 4 aromatic heterocycles. The van der Waals surface area contributed by atoms with Crippen LogP contribution in [0.5, 0.6) is 0 Å². The normalized spacial score (nSPS) is 12.4. The Morgan fingerprint density at radius 2 is 1.26 bits per heavy atom. The molecule has 0 aliphatic carbocycles. The van der Waals surface area contributed by atoms with Gasteiger partial charge in [-0.3, -0.25) is 9.13 Å². The number of nitrogens with zero attached hydrogens (tertiary/aromatic N) is 4. The van der Waals surface area contributed by atoms with Gasteiger partial charge in [0.2, 0.25) is 0 Å². The third-order valence-electron chi connectivity index (χ3n) is 12.7. The van der Waals surface area contributed by atoms with Crippen LogP contribution in [0.25, 0.3) is 99.8 Å². The highest BCUT2D eigenvalue weighted by atomic mass is 15.1. The fourth-order valence-electron chi connectivity index (χ4n) is 9.59. The number of para-hydroxylation sites is 2. The van der Waals surface area contributed by atoms with Crippen molar-refractivity contribution in [1.29, 1.82) is 0 Å². The molecule has 11 aromatic rings.